The van der Waals surface area contributed by atoms with Crippen LogP contribution in [0.5, 0.6) is 0 Å². The number of hydrogen-bond acceptors (Lipinski definition) is 4. The number of hydrogen-bond donors (Lipinski definition) is 0. The van der Waals surface area contributed by atoms with Crippen LogP contribution >= 0.6 is 16.1 Å². The number of carbonyl (C=O) groups is 3. The van der Waals surface area contributed by atoms with E-state index in [0.717, 1.165) is 15.1 Å². The van der Waals surface area contributed by atoms with E-state index in [4.69, 9.17) is 4.74 Å². The van der Waals surface area contributed by atoms with E-state index in [1.165, 1.54) is 0 Å². The van der Waals surface area contributed by atoms with Crippen molar-refractivity contribution in [1.29, 1.82) is 0 Å². The summed E-state index contributed by atoms with van der Waals surface area (Å²) in [6, 6.07) is 0. The first-order valence-corrected chi connectivity index (χ1v) is 7.95. The Morgan fingerprint density at radius 1 is 1.13 bits per heavy atom. The second-order valence-electron chi connectivity index (χ2n) is 6.25. The molecule has 1 saturated heterocycles. The van der Waals surface area contributed by atoms with Gasteiger partial charge in [0.1, 0.15) is 5.60 Å². The molecule has 2 amide bonds. The van der Waals surface area contributed by atoms with E-state index in [1.54, 1.807) is 0 Å². The summed E-state index contributed by atoms with van der Waals surface area (Å²) in [5, 5.41) is 0. The third kappa shape index (κ3) is 4.51. The Morgan fingerprint density at radius 2 is 1.74 bits per heavy atom. The van der Waals surface area contributed by atoms with Crippen LogP contribution in [-0.4, -0.2) is 27.3 Å². The van der Waals surface area contributed by atoms with Crippen LogP contribution in [0.15, 0.2) is 47.1 Å². The zero-order valence-corrected chi connectivity index (χ0v) is 14.8. The van der Waals surface area contributed by atoms with E-state index >= 15 is 0 Å². The van der Waals surface area contributed by atoms with Crippen LogP contribution in [0.1, 0.15) is 33.6 Å². The number of nitrogens with zero attached hydrogens (tertiary/aromatic N) is 1. The van der Waals surface area contributed by atoms with Crippen LogP contribution in [-0.2, 0) is 19.1 Å². The molecule has 0 saturated carbocycles. The first-order valence-electron chi connectivity index (χ1n) is 7.24. The Hall–Kier alpha value is -1.95. The highest BCUT2D eigenvalue weighted by atomic mass is 79.9. The van der Waals surface area contributed by atoms with Crippen molar-refractivity contribution in [1.82, 2.24) is 3.93 Å². The highest BCUT2D eigenvalue weighted by molar-refractivity contribution is 9.08. The summed E-state index contributed by atoms with van der Waals surface area (Å²) in [6.07, 6.45) is 10.4. The van der Waals surface area contributed by atoms with Gasteiger partial charge in [0, 0.05) is 12.8 Å². The highest BCUT2D eigenvalue weighted by Crippen LogP contribution is 2.29. The Labute approximate surface area is 143 Å². The number of ether oxygens (including phenoxy) is 1. The van der Waals surface area contributed by atoms with Crippen LogP contribution in [0, 0.1) is 0 Å². The van der Waals surface area contributed by atoms with Gasteiger partial charge in [-0.1, -0.05) is 18.2 Å². The summed E-state index contributed by atoms with van der Waals surface area (Å²) in [6.45, 7) is 5.61. The summed E-state index contributed by atoms with van der Waals surface area (Å²) < 4.78 is 6.26. The first kappa shape index (κ1) is 17.4. The summed E-state index contributed by atoms with van der Waals surface area (Å²) in [5.74, 6) is -0.538. The van der Waals surface area contributed by atoms with Crippen molar-refractivity contribution >= 4 is 33.9 Å². The third-order valence-corrected chi connectivity index (χ3v) is 3.92. The van der Waals surface area contributed by atoms with E-state index in [1.807, 2.05) is 51.2 Å². The van der Waals surface area contributed by atoms with Crippen molar-refractivity contribution in [2.75, 3.05) is 0 Å². The lowest BCUT2D eigenvalue weighted by Crippen LogP contribution is -2.24. The minimum absolute atomic E-state index is 0.144. The second-order valence-corrected chi connectivity index (χ2v) is 6.96. The maximum Gasteiger partial charge on any atom is 0.338 e. The number of rotatable bonds is 1. The summed E-state index contributed by atoms with van der Waals surface area (Å²) in [5.41, 5.74) is 2.39. The van der Waals surface area contributed by atoms with Gasteiger partial charge in [0.15, 0.2) is 0 Å². The molecule has 0 N–H and O–H groups in total. The van der Waals surface area contributed by atoms with Gasteiger partial charge < -0.3 is 4.74 Å². The average Bonchev–Trinajstić information content (AvgIpc) is 3.09. The van der Waals surface area contributed by atoms with Crippen LogP contribution in [0.4, 0.5) is 0 Å². The molecule has 5 nitrogen and oxygen atoms in total. The SMILES string of the molecule is CC(C)(C)OC(=O)C1=CC2=CC=CC2=C1.O=C1CCC(=O)N1Br. The summed E-state index contributed by atoms with van der Waals surface area (Å²) in [4.78, 5) is 32.6. The number of allylic oxidation sites excluding steroid dienone is 6. The summed E-state index contributed by atoms with van der Waals surface area (Å²) >= 11 is 2.80. The number of amides is 2. The lowest BCUT2D eigenvalue weighted by Gasteiger charge is -2.19. The van der Waals surface area contributed by atoms with Crippen LogP contribution in [0.3, 0.4) is 0 Å². The molecular weight excluding hydrogens is 362 g/mol. The van der Waals surface area contributed by atoms with Crippen LogP contribution < -0.4 is 0 Å². The molecule has 23 heavy (non-hydrogen) atoms. The lowest BCUT2D eigenvalue weighted by molar-refractivity contribution is -0.149. The fourth-order valence-electron chi connectivity index (χ4n) is 2.09. The molecule has 2 aliphatic carbocycles. The molecule has 0 aromatic heterocycles. The predicted molar refractivity (Wildman–Crippen MR) is 89.2 cm³/mol. The molecule has 3 rings (SSSR count). The van der Waals surface area contributed by atoms with Gasteiger partial charge in [-0.3, -0.25) is 9.59 Å². The van der Waals surface area contributed by atoms with Crippen molar-refractivity contribution in [3.8, 4) is 0 Å². The molecule has 0 unspecified atom stereocenters. The molecule has 1 heterocycles. The molecule has 1 fully saturated rings. The number of carbonyl (C=O) groups excluding carboxylic acids is 3. The quantitative estimate of drug-likeness (QED) is 0.398. The number of halogens is 1. The lowest BCUT2D eigenvalue weighted by atomic mass is 10.2. The molecule has 0 aromatic carbocycles. The van der Waals surface area contributed by atoms with E-state index in [0.29, 0.717) is 18.4 Å². The van der Waals surface area contributed by atoms with Gasteiger partial charge in [0.25, 0.3) is 0 Å². The van der Waals surface area contributed by atoms with Crippen molar-refractivity contribution in [2.45, 2.75) is 39.2 Å². The Bertz CT molecular complexity index is 661. The van der Waals surface area contributed by atoms with Gasteiger partial charge in [-0.05, 0) is 44.1 Å². The van der Waals surface area contributed by atoms with Crippen LogP contribution in [0.25, 0.3) is 0 Å². The van der Waals surface area contributed by atoms with Crippen LogP contribution in [0.2, 0.25) is 0 Å². The zero-order valence-electron chi connectivity index (χ0n) is 13.3. The fraction of sp³-hybridized carbons (Fsp3) is 0.353. The van der Waals surface area contributed by atoms with Crippen molar-refractivity contribution in [3.63, 3.8) is 0 Å². The third-order valence-electron chi connectivity index (χ3n) is 3.13. The predicted octanol–water partition coefficient (Wildman–Crippen LogP) is 3.14. The first-order chi connectivity index (χ1) is 10.7. The fourth-order valence-corrected chi connectivity index (χ4v) is 2.45. The Kier molecular flexibility index (Phi) is 5.04. The molecule has 0 spiro atoms. The van der Waals surface area contributed by atoms with E-state index in [2.05, 4.69) is 16.1 Å². The standard InChI is InChI=1S/C13H14O2.C4H4BrNO2/c1-13(2,3)15-12(14)11-7-9-5-4-6-10(9)8-11;5-6-3(7)1-2-4(6)8/h4-8H,1-3H3;1-2H2. The van der Waals surface area contributed by atoms with Crippen molar-refractivity contribution < 1.29 is 19.1 Å². The normalized spacial score (nSPS) is 19.0. The maximum absolute atomic E-state index is 11.7. The highest BCUT2D eigenvalue weighted by Gasteiger charge is 2.26. The number of fused-ring (bicyclic) bond motifs is 1. The van der Waals surface area contributed by atoms with Crippen molar-refractivity contribution in [3.05, 3.63) is 47.1 Å². The topological polar surface area (TPSA) is 63.7 Å². The molecule has 122 valence electrons. The molecule has 0 bridgehead atoms. The van der Waals surface area contributed by atoms with E-state index in [9.17, 15) is 14.4 Å². The van der Waals surface area contributed by atoms with Gasteiger partial charge in [-0.25, -0.2) is 8.72 Å². The van der Waals surface area contributed by atoms with Gasteiger partial charge in [-0.2, -0.15) is 0 Å². The van der Waals surface area contributed by atoms with Gasteiger partial charge in [-0.15, -0.1) is 0 Å². The maximum atomic E-state index is 11.7. The van der Waals surface area contributed by atoms with Gasteiger partial charge in [0.2, 0.25) is 11.8 Å². The molecule has 1 aliphatic heterocycles. The monoisotopic (exact) mass is 379 g/mol. The molecule has 0 aromatic rings. The van der Waals surface area contributed by atoms with E-state index < -0.39 is 5.60 Å². The Morgan fingerprint density at radius 3 is 2.17 bits per heavy atom. The zero-order chi connectivity index (χ0) is 17.2. The van der Waals surface area contributed by atoms with Gasteiger partial charge >= 0.3 is 5.97 Å². The second kappa shape index (κ2) is 6.66. The summed E-state index contributed by atoms with van der Waals surface area (Å²) in [7, 11) is 0. The van der Waals surface area contributed by atoms with Crippen molar-refractivity contribution in [2.24, 2.45) is 0 Å². The van der Waals surface area contributed by atoms with Gasteiger partial charge in [0.05, 0.1) is 21.7 Å². The number of imide groups is 1. The molecule has 6 heteroatoms. The minimum atomic E-state index is -0.432. The molecular formula is C17H18BrNO4. The molecule has 0 radical (unpaired) electrons. The van der Waals surface area contributed by atoms with E-state index in [-0.39, 0.29) is 17.8 Å². The molecule has 0 atom stereocenters. The molecule has 3 aliphatic rings. The average molecular weight is 380 g/mol. The number of esters is 1. The largest absolute Gasteiger partial charge is 0.456 e. The Balaban J connectivity index is 0.000000203. The smallest absolute Gasteiger partial charge is 0.338 e. The minimum Gasteiger partial charge on any atom is -0.456 e.